The number of hydrogen-bond acceptors (Lipinski definition) is 8. The van der Waals surface area contributed by atoms with Gasteiger partial charge in [-0.25, -0.2) is 9.80 Å². The van der Waals surface area contributed by atoms with Gasteiger partial charge in [0.2, 0.25) is 3.79 Å². The Labute approximate surface area is 147 Å². The summed E-state index contributed by atoms with van der Waals surface area (Å²) in [6, 6.07) is -0.814. The molecule has 0 saturated carbocycles. The quantitative estimate of drug-likeness (QED) is 0.238. The van der Waals surface area contributed by atoms with Crippen LogP contribution in [0.3, 0.4) is 0 Å². The normalized spacial score (nSPS) is 12.9. The molecule has 8 nitrogen and oxygen atoms in total. The third-order valence-electron chi connectivity index (χ3n) is 2.37. The van der Waals surface area contributed by atoms with E-state index >= 15 is 0 Å². The Morgan fingerprint density at radius 3 is 2.41 bits per heavy atom. The number of carbonyl (C=O) groups is 3. The molecule has 0 aliphatic rings. The average Bonchev–Trinajstić information content (AvgIpc) is 2.39. The monoisotopic (exact) mass is 447 g/mol. The maximum atomic E-state index is 12.2. The Bertz CT molecular complexity index is 391. The molecule has 2 N–H and O–H groups in total. The predicted molar refractivity (Wildman–Crippen MR) is 91.6 cm³/mol. The zero-order chi connectivity index (χ0) is 17.3. The minimum atomic E-state index is -0.840. The zero-order valence-electron chi connectivity index (χ0n) is 13.0. The molecule has 22 heavy (non-hydrogen) atoms. The molecule has 10 heteroatoms. The van der Waals surface area contributed by atoms with E-state index < -0.39 is 17.7 Å². The Kier molecular flexibility index (Phi) is 10.2. The van der Waals surface area contributed by atoms with Gasteiger partial charge in [-0.15, -0.1) is 10.7 Å². The van der Waals surface area contributed by atoms with E-state index in [0.29, 0.717) is 18.5 Å². The van der Waals surface area contributed by atoms with Crippen molar-refractivity contribution in [3.63, 3.8) is 0 Å². The second-order valence-electron chi connectivity index (χ2n) is 5.28. The predicted octanol–water partition coefficient (Wildman–Crippen LogP) is 1.62. The van der Waals surface area contributed by atoms with Crippen LogP contribution in [0.2, 0.25) is 0 Å². The van der Waals surface area contributed by atoms with Crippen LogP contribution in [0, 0.1) is 0 Å². The summed E-state index contributed by atoms with van der Waals surface area (Å²) in [4.78, 5) is 34.8. The summed E-state index contributed by atoms with van der Waals surface area (Å²) in [5.74, 6) is 0.640. The maximum absolute atomic E-state index is 12.2. The van der Waals surface area contributed by atoms with Crippen LogP contribution in [0.15, 0.2) is 0 Å². The van der Waals surface area contributed by atoms with Crippen molar-refractivity contribution in [2.75, 3.05) is 18.6 Å². The minimum absolute atomic E-state index is 0.285. The molecule has 0 spiro atoms. The average molecular weight is 447 g/mol. The molecule has 0 aliphatic carbocycles. The van der Waals surface area contributed by atoms with Gasteiger partial charge in [-0.05, 0) is 39.2 Å². The first-order chi connectivity index (χ1) is 10.2. The van der Waals surface area contributed by atoms with Crippen molar-refractivity contribution in [1.29, 1.82) is 0 Å². The van der Waals surface area contributed by atoms with E-state index in [1.807, 2.05) is 11.8 Å². The van der Waals surface area contributed by atoms with Crippen LogP contribution >= 0.6 is 34.4 Å². The summed E-state index contributed by atoms with van der Waals surface area (Å²) >= 11 is 3.11. The third-order valence-corrected chi connectivity index (χ3v) is 3.73. The van der Waals surface area contributed by atoms with Crippen molar-refractivity contribution in [2.45, 2.75) is 38.8 Å². The van der Waals surface area contributed by atoms with E-state index in [-0.39, 0.29) is 10.3 Å². The molecule has 0 bridgehead atoms. The zero-order valence-corrected chi connectivity index (χ0v) is 16.0. The molecule has 0 aromatic carbocycles. The highest BCUT2D eigenvalue weighted by Crippen LogP contribution is 2.16. The Hall–Kier alpha value is -0.430. The number of aldehydes is 1. The first-order valence-corrected chi connectivity index (χ1v) is 8.96. The summed E-state index contributed by atoms with van der Waals surface area (Å²) in [6.07, 6.45) is 1.90. The standard InChI is InChI=1S/C12H22IN3O5S/c1-12(2,3)21-11(19)15(6-7-17)16(14-20)9(10(13)18)5-8-22-4/h7,9,14,20H,5-6,8H2,1-4H3. The number of rotatable bonds is 9. The molecule has 128 valence electrons. The lowest BCUT2D eigenvalue weighted by Gasteiger charge is -2.36. The van der Waals surface area contributed by atoms with Crippen molar-refractivity contribution in [1.82, 2.24) is 15.7 Å². The van der Waals surface area contributed by atoms with E-state index in [4.69, 9.17) is 4.74 Å². The third kappa shape index (κ3) is 7.72. The lowest BCUT2D eigenvalue weighted by Crippen LogP contribution is -2.60. The number of ether oxygens (including phenoxy) is 1. The summed E-state index contributed by atoms with van der Waals surface area (Å²) < 4.78 is 4.90. The topological polar surface area (TPSA) is 99.2 Å². The van der Waals surface area contributed by atoms with Gasteiger partial charge in [-0.2, -0.15) is 11.8 Å². The van der Waals surface area contributed by atoms with E-state index in [1.54, 1.807) is 43.4 Å². The number of nitrogens with zero attached hydrogens (tertiary/aromatic N) is 2. The summed E-state index contributed by atoms with van der Waals surface area (Å²) in [6.45, 7) is 4.67. The molecule has 0 fully saturated rings. The van der Waals surface area contributed by atoms with Gasteiger partial charge in [-0.3, -0.25) is 4.79 Å². The molecule has 1 unspecified atom stereocenters. The Morgan fingerprint density at radius 1 is 1.45 bits per heavy atom. The van der Waals surface area contributed by atoms with Crippen LogP contribution in [0.1, 0.15) is 27.2 Å². The molecule has 0 heterocycles. The van der Waals surface area contributed by atoms with Crippen molar-refractivity contribution in [3.05, 3.63) is 0 Å². The number of thioether (sulfide) groups is 1. The number of nitrogens with one attached hydrogen (secondary N) is 1. The molecular formula is C12H22IN3O5S. The fourth-order valence-corrected chi connectivity index (χ4v) is 2.52. The SMILES string of the molecule is CSCCC(C(=O)I)N(NO)N(CC=O)C(=O)OC(C)(C)C. The molecule has 0 radical (unpaired) electrons. The summed E-state index contributed by atoms with van der Waals surface area (Å²) in [7, 11) is 0. The van der Waals surface area contributed by atoms with Crippen LogP contribution in [0.4, 0.5) is 4.79 Å². The number of halogens is 1. The number of carbonyl (C=O) groups excluding carboxylic acids is 3. The van der Waals surface area contributed by atoms with Crippen molar-refractivity contribution >= 4 is 50.5 Å². The molecular weight excluding hydrogens is 425 g/mol. The minimum Gasteiger partial charge on any atom is -0.443 e. The number of hydrazine groups is 2. The second-order valence-corrected chi connectivity index (χ2v) is 7.32. The fourth-order valence-electron chi connectivity index (χ4n) is 1.49. The molecule has 0 rings (SSSR count). The lowest BCUT2D eigenvalue weighted by molar-refractivity contribution is -0.177. The Balaban J connectivity index is 5.31. The molecule has 0 aliphatic heterocycles. The highest BCUT2D eigenvalue weighted by Gasteiger charge is 2.34. The van der Waals surface area contributed by atoms with E-state index in [0.717, 1.165) is 10.1 Å². The lowest BCUT2D eigenvalue weighted by atomic mass is 10.2. The van der Waals surface area contributed by atoms with Crippen LogP contribution in [-0.2, 0) is 14.3 Å². The van der Waals surface area contributed by atoms with Gasteiger partial charge in [0.15, 0.2) is 0 Å². The maximum Gasteiger partial charge on any atom is 0.426 e. The van der Waals surface area contributed by atoms with Crippen LogP contribution in [-0.4, -0.2) is 61.7 Å². The van der Waals surface area contributed by atoms with E-state index in [2.05, 4.69) is 0 Å². The van der Waals surface area contributed by atoms with Crippen LogP contribution in [0.25, 0.3) is 0 Å². The molecule has 1 atom stereocenters. The number of amides is 1. The van der Waals surface area contributed by atoms with Gasteiger partial charge >= 0.3 is 6.09 Å². The van der Waals surface area contributed by atoms with E-state index in [1.165, 1.54) is 11.8 Å². The van der Waals surface area contributed by atoms with Gasteiger partial charge < -0.3 is 14.7 Å². The van der Waals surface area contributed by atoms with Crippen LogP contribution in [0.5, 0.6) is 0 Å². The van der Waals surface area contributed by atoms with E-state index in [9.17, 15) is 19.6 Å². The van der Waals surface area contributed by atoms with Crippen LogP contribution < -0.4 is 5.59 Å². The van der Waals surface area contributed by atoms with Gasteiger partial charge in [0.05, 0.1) is 6.54 Å². The van der Waals surface area contributed by atoms with Crippen molar-refractivity contribution < 1.29 is 24.3 Å². The van der Waals surface area contributed by atoms with Gasteiger partial charge in [0.1, 0.15) is 17.9 Å². The molecule has 1 amide bonds. The first kappa shape index (κ1) is 21.6. The van der Waals surface area contributed by atoms with Gasteiger partial charge in [0, 0.05) is 22.6 Å². The molecule has 0 saturated heterocycles. The summed E-state index contributed by atoms with van der Waals surface area (Å²) in [5.41, 5.74) is 1.03. The highest BCUT2D eigenvalue weighted by atomic mass is 127. The number of hydrogen-bond donors (Lipinski definition) is 2. The highest BCUT2D eigenvalue weighted by molar-refractivity contribution is 14.1. The molecule has 0 aromatic heterocycles. The van der Waals surface area contributed by atoms with Gasteiger partial charge in [-0.1, -0.05) is 0 Å². The van der Waals surface area contributed by atoms with Crippen molar-refractivity contribution in [2.24, 2.45) is 0 Å². The fraction of sp³-hybridized carbons (Fsp3) is 0.750. The second kappa shape index (κ2) is 10.4. The smallest absolute Gasteiger partial charge is 0.426 e. The molecule has 0 aromatic rings. The Morgan fingerprint density at radius 2 is 2.05 bits per heavy atom. The largest absolute Gasteiger partial charge is 0.443 e. The first-order valence-electron chi connectivity index (χ1n) is 6.49. The van der Waals surface area contributed by atoms with Gasteiger partial charge in [0.25, 0.3) is 0 Å². The summed E-state index contributed by atoms with van der Waals surface area (Å²) in [5, 5.41) is 11.1. The van der Waals surface area contributed by atoms with Crippen molar-refractivity contribution in [3.8, 4) is 0 Å².